The van der Waals surface area contributed by atoms with Gasteiger partial charge in [-0.15, -0.1) is 0 Å². The van der Waals surface area contributed by atoms with Crippen LogP contribution in [-0.2, 0) is 4.74 Å². The van der Waals surface area contributed by atoms with Crippen LogP contribution in [0.15, 0.2) is 42.7 Å². The van der Waals surface area contributed by atoms with Crippen LogP contribution in [0.2, 0.25) is 5.02 Å². The number of hydrogen-bond donors (Lipinski definition) is 1. The number of amides is 1. The van der Waals surface area contributed by atoms with Crippen molar-refractivity contribution in [3.8, 4) is 11.1 Å². The van der Waals surface area contributed by atoms with Gasteiger partial charge >= 0.3 is 0 Å². The number of morpholine rings is 1. The van der Waals surface area contributed by atoms with Crippen LogP contribution in [0.3, 0.4) is 0 Å². The number of benzene rings is 2. The van der Waals surface area contributed by atoms with Crippen molar-refractivity contribution in [2.24, 2.45) is 0 Å². The molecule has 1 amide bonds. The molecule has 2 aliphatic rings. The molecule has 206 valence electrons. The van der Waals surface area contributed by atoms with Crippen LogP contribution in [-0.4, -0.2) is 79.3 Å². The lowest BCUT2D eigenvalue weighted by Crippen LogP contribution is -2.55. The third-order valence-electron chi connectivity index (χ3n) is 7.71. The molecule has 10 heteroatoms. The zero-order valence-electron chi connectivity index (χ0n) is 22.7. The summed E-state index contributed by atoms with van der Waals surface area (Å²) in [7, 11) is 2.10. The van der Waals surface area contributed by atoms with Crippen molar-refractivity contribution in [3.63, 3.8) is 0 Å². The smallest absolute Gasteiger partial charge is 0.257 e. The molecule has 2 aliphatic heterocycles. The molecule has 2 aromatic carbocycles. The van der Waals surface area contributed by atoms with Crippen molar-refractivity contribution < 1.29 is 13.9 Å². The normalized spacial score (nSPS) is 20.3. The van der Waals surface area contributed by atoms with Crippen molar-refractivity contribution in [1.82, 2.24) is 14.9 Å². The lowest BCUT2D eigenvalue weighted by atomic mass is 10.0. The fourth-order valence-electron chi connectivity index (χ4n) is 5.15. The van der Waals surface area contributed by atoms with Crippen LogP contribution < -0.4 is 15.1 Å². The van der Waals surface area contributed by atoms with Gasteiger partial charge in [0, 0.05) is 61.8 Å². The number of nitrogens with zero attached hydrogens (tertiary/aromatic N) is 5. The van der Waals surface area contributed by atoms with Crippen molar-refractivity contribution >= 4 is 34.8 Å². The Morgan fingerprint density at radius 2 is 1.74 bits per heavy atom. The molecule has 1 aromatic heterocycles. The maximum atomic E-state index is 15.7. The van der Waals surface area contributed by atoms with Gasteiger partial charge in [0.05, 0.1) is 35.2 Å². The average Bonchev–Trinajstić information content (AvgIpc) is 2.94. The molecule has 0 aliphatic carbocycles. The number of aromatic nitrogens is 2. The van der Waals surface area contributed by atoms with E-state index < -0.39 is 5.82 Å². The second-order valence-electron chi connectivity index (χ2n) is 10.4. The van der Waals surface area contributed by atoms with Gasteiger partial charge in [0.15, 0.2) is 0 Å². The van der Waals surface area contributed by atoms with Crippen LogP contribution in [0, 0.1) is 12.7 Å². The summed E-state index contributed by atoms with van der Waals surface area (Å²) < 4.78 is 21.1. The monoisotopic (exact) mass is 552 g/mol. The third-order valence-corrected chi connectivity index (χ3v) is 8.22. The maximum Gasteiger partial charge on any atom is 0.257 e. The summed E-state index contributed by atoms with van der Waals surface area (Å²) in [5.41, 5.74) is 3.16. The third kappa shape index (κ3) is 5.71. The summed E-state index contributed by atoms with van der Waals surface area (Å²) in [4.78, 5) is 28.9. The van der Waals surface area contributed by atoms with Gasteiger partial charge in [-0.1, -0.05) is 23.7 Å². The molecule has 1 N–H and O–H groups in total. The first-order chi connectivity index (χ1) is 18.7. The lowest BCUT2D eigenvalue weighted by molar-refractivity contribution is 0.102. The topological polar surface area (TPSA) is 73.8 Å². The number of carbonyl (C=O) groups excluding carboxylic acids is 1. The number of hydrogen-bond acceptors (Lipinski definition) is 7. The number of piperazine rings is 1. The Kier molecular flexibility index (Phi) is 8.02. The molecule has 0 unspecified atom stereocenters. The van der Waals surface area contributed by atoms with Crippen LogP contribution in [0.4, 0.5) is 21.7 Å². The number of nitrogens with one attached hydrogen (secondary N) is 1. The summed E-state index contributed by atoms with van der Waals surface area (Å²) in [6.07, 6.45) is 3.25. The molecule has 3 aromatic rings. The van der Waals surface area contributed by atoms with E-state index >= 15 is 4.39 Å². The highest BCUT2D eigenvalue weighted by Gasteiger charge is 2.29. The Morgan fingerprint density at radius 1 is 1.08 bits per heavy atom. The molecule has 3 heterocycles. The number of ether oxygens (including phenoxy) is 1. The number of rotatable bonds is 5. The molecule has 0 saturated carbocycles. The zero-order chi connectivity index (χ0) is 27.7. The number of halogens is 2. The van der Waals surface area contributed by atoms with Gasteiger partial charge in [-0.3, -0.25) is 9.69 Å². The van der Waals surface area contributed by atoms with Gasteiger partial charge in [-0.25, -0.2) is 14.4 Å². The molecular formula is C29H34ClFN6O2. The van der Waals surface area contributed by atoms with Crippen LogP contribution in [0.1, 0.15) is 29.8 Å². The van der Waals surface area contributed by atoms with E-state index in [2.05, 4.69) is 46.0 Å². The molecule has 2 atom stereocenters. The summed E-state index contributed by atoms with van der Waals surface area (Å²) >= 11 is 6.46. The fraction of sp³-hybridized carbons (Fsp3) is 0.414. The quantitative estimate of drug-likeness (QED) is 0.484. The highest BCUT2D eigenvalue weighted by molar-refractivity contribution is 6.35. The van der Waals surface area contributed by atoms with Crippen molar-refractivity contribution in [2.45, 2.75) is 32.9 Å². The zero-order valence-corrected chi connectivity index (χ0v) is 23.5. The van der Waals surface area contributed by atoms with E-state index in [0.29, 0.717) is 78.4 Å². The molecule has 8 nitrogen and oxygen atoms in total. The largest absolute Gasteiger partial charge is 0.378 e. The van der Waals surface area contributed by atoms with Crippen molar-refractivity contribution in [1.29, 1.82) is 0 Å². The standard InChI is InChI=1S/C29H34ClFN6O2/c1-18-6-5-7-22(27(18)30)28(38)34-25-12-23(21-14-32-29(33-15-21)36-8-10-39-11-9-36)24(31)13-26(25)37-16-19(2)35(4)20(3)17-37/h5-7,12-15,19-20H,8-11,16-17H2,1-4H3,(H,34,38)/t19-,20+. The first-order valence-electron chi connectivity index (χ1n) is 13.2. The van der Waals surface area contributed by atoms with Crippen LogP contribution in [0.5, 0.6) is 0 Å². The fourth-order valence-corrected chi connectivity index (χ4v) is 5.36. The van der Waals surface area contributed by atoms with Crippen molar-refractivity contribution in [2.75, 3.05) is 61.6 Å². The second-order valence-corrected chi connectivity index (χ2v) is 10.8. The number of likely N-dealkylation sites (N-methyl/N-ethyl adjacent to an activating group) is 1. The predicted molar refractivity (Wildman–Crippen MR) is 154 cm³/mol. The van der Waals surface area contributed by atoms with Crippen molar-refractivity contribution in [3.05, 3.63) is 64.7 Å². The Labute approximate surface area is 233 Å². The molecule has 5 rings (SSSR count). The van der Waals surface area contributed by atoms with E-state index in [9.17, 15) is 4.79 Å². The maximum absolute atomic E-state index is 15.7. The minimum absolute atomic E-state index is 0.257. The van der Waals surface area contributed by atoms with E-state index in [1.807, 2.05) is 17.9 Å². The van der Waals surface area contributed by atoms with Crippen LogP contribution >= 0.6 is 11.6 Å². The highest BCUT2D eigenvalue weighted by Crippen LogP contribution is 2.36. The second kappa shape index (κ2) is 11.5. The Balaban J connectivity index is 1.52. The van der Waals surface area contributed by atoms with E-state index in [-0.39, 0.29) is 18.0 Å². The number of anilines is 3. The first kappa shape index (κ1) is 27.3. The van der Waals surface area contributed by atoms with E-state index in [0.717, 1.165) is 5.56 Å². The summed E-state index contributed by atoms with van der Waals surface area (Å²) in [5, 5.41) is 3.42. The highest BCUT2D eigenvalue weighted by atomic mass is 35.5. The van der Waals surface area contributed by atoms with Gasteiger partial charge in [-0.2, -0.15) is 0 Å². The summed E-state index contributed by atoms with van der Waals surface area (Å²) in [5.74, 6) is -0.169. The molecule has 0 bridgehead atoms. The average molecular weight is 553 g/mol. The lowest BCUT2D eigenvalue weighted by Gasteiger charge is -2.44. The Hall–Kier alpha value is -3.27. The molecule has 0 radical (unpaired) electrons. The molecule has 2 fully saturated rings. The van der Waals surface area contributed by atoms with Gasteiger partial charge in [-0.05, 0) is 51.6 Å². The van der Waals surface area contributed by atoms with E-state index in [1.165, 1.54) is 6.07 Å². The summed E-state index contributed by atoms with van der Waals surface area (Å²) in [6.45, 7) is 10.2. The molecular weight excluding hydrogens is 519 g/mol. The van der Waals surface area contributed by atoms with Crippen LogP contribution in [0.25, 0.3) is 11.1 Å². The van der Waals surface area contributed by atoms with Gasteiger partial charge < -0.3 is 19.9 Å². The Morgan fingerprint density at radius 3 is 2.41 bits per heavy atom. The summed E-state index contributed by atoms with van der Waals surface area (Å²) in [6, 6.07) is 9.03. The van der Waals surface area contributed by atoms with E-state index in [1.54, 1.807) is 30.6 Å². The number of carbonyl (C=O) groups is 1. The van der Waals surface area contributed by atoms with Gasteiger partial charge in [0.2, 0.25) is 5.95 Å². The molecule has 2 saturated heterocycles. The first-order valence-corrected chi connectivity index (χ1v) is 13.6. The van der Waals surface area contributed by atoms with Gasteiger partial charge in [0.25, 0.3) is 5.91 Å². The molecule has 0 spiro atoms. The minimum Gasteiger partial charge on any atom is -0.378 e. The SMILES string of the molecule is Cc1cccc(C(=O)Nc2cc(-c3cnc(N4CCOCC4)nc3)c(F)cc2N2C[C@@H](C)N(C)[C@@H](C)C2)c1Cl. The van der Waals surface area contributed by atoms with E-state index in [4.69, 9.17) is 16.3 Å². The van der Waals surface area contributed by atoms with Gasteiger partial charge in [0.1, 0.15) is 5.82 Å². The minimum atomic E-state index is -0.404. The predicted octanol–water partition coefficient (Wildman–Crippen LogP) is 4.86. The Bertz CT molecular complexity index is 1340. The molecule has 39 heavy (non-hydrogen) atoms. The number of aryl methyl sites for hydroxylation is 1.